The summed E-state index contributed by atoms with van der Waals surface area (Å²) in [4.78, 5) is 0. The van der Waals surface area contributed by atoms with Gasteiger partial charge < -0.3 is 9.88 Å². The number of hydrogen-bond donors (Lipinski definition) is 1. The molecule has 0 saturated heterocycles. The van der Waals surface area contributed by atoms with Crippen LogP contribution in [0.25, 0.3) is 10.9 Å². The summed E-state index contributed by atoms with van der Waals surface area (Å²) in [5.74, 6) is -0.185. The molecule has 2 nitrogen and oxygen atoms in total. The van der Waals surface area contributed by atoms with Crippen molar-refractivity contribution >= 4 is 10.9 Å². The van der Waals surface area contributed by atoms with Crippen molar-refractivity contribution in [2.24, 2.45) is 0 Å². The van der Waals surface area contributed by atoms with E-state index in [0.717, 1.165) is 12.1 Å². The van der Waals surface area contributed by atoms with Gasteiger partial charge in [-0.1, -0.05) is 18.2 Å². The van der Waals surface area contributed by atoms with Gasteiger partial charge in [0.2, 0.25) is 0 Å². The molecule has 0 aliphatic rings. The molecule has 0 fully saturated rings. The number of aromatic nitrogens is 1. The molecule has 3 heteroatoms. The minimum absolute atomic E-state index is 0.185. The molecule has 2 aromatic carbocycles. The molecule has 1 N–H and O–H groups in total. The Kier molecular flexibility index (Phi) is 3.52. The zero-order valence-electron chi connectivity index (χ0n) is 11.4. The van der Waals surface area contributed by atoms with Crippen molar-refractivity contribution in [2.75, 3.05) is 7.05 Å². The third kappa shape index (κ3) is 2.58. The van der Waals surface area contributed by atoms with Crippen LogP contribution in [-0.2, 0) is 13.1 Å². The molecule has 0 radical (unpaired) electrons. The largest absolute Gasteiger partial charge is 0.343 e. The van der Waals surface area contributed by atoms with Gasteiger partial charge in [-0.25, -0.2) is 4.39 Å². The highest BCUT2D eigenvalue weighted by Gasteiger charge is 2.03. The molecule has 0 bridgehead atoms. The molecule has 20 heavy (non-hydrogen) atoms. The first-order chi connectivity index (χ1) is 9.76. The SMILES string of the molecule is CNCc1ccc2c(ccn2Cc2cccc(F)c2)c1. The van der Waals surface area contributed by atoms with Crippen LogP contribution in [0.4, 0.5) is 4.39 Å². The lowest BCUT2D eigenvalue weighted by atomic mass is 10.1. The number of nitrogens with one attached hydrogen (secondary N) is 1. The van der Waals surface area contributed by atoms with E-state index in [1.54, 1.807) is 12.1 Å². The standard InChI is InChI=1S/C17H17FN2/c1-19-11-13-5-6-17-15(9-13)7-8-20(17)12-14-3-2-4-16(18)10-14/h2-10,19H,11-12H2,1H3. The highest BCUT2D eigenvalue weighted by atomic mass is 19.1. The Hall–Kier alpha value is -2.13. The van der Waals surface area contributed by atoms with Crippen molar-refractivity contribution in [1.29, 1.82) is 0 Å². The molecular weight excluding hydrogens is 251 g/mol. The van der Waals surface area contributed by atoms with Gasteiger partial charge in [0.25, 0.3) is 0 Å². The number of fused-ring (bicyclic) bond motifs is 1. The lowest BCUT2D eigenvalue weighted by molar-refractivity contribution is 0.624. The summed E-state index contributed by atoms with van der Waals surface area (Å²) >= 11 is 0. The van der Waals surface area contributed by atoms with E-state index in [0.29, 0.717) is 6.54 Å². The summed E-state index contributed by atoms with van der Waals surface area (Å²) in [6, 6.07) is 15.3. The van der Waals surface area contributed by atoms with Crippen LogP contribution >= 0.6 is 0 Å². The molecule has 0 spiro atoms. The molecule has 0 saturated carbocycles. The third-order valence-electron chi connectivity index (χ3n) is 3.46. The zero-order chi connectivity index (χ0) is 13.9. The number of halogens is 1. The maximum atomic E-state index is 13.2. The van der Waals surface area contributed by atoms with Crippen molar-refractivity contribution in [3.8, 4) is 0 Å². The predicted molar refractivity (Wildman–Crippen MR) is 80.2 cm³/mol. The average molecular weight is 268 g/mol. The van der Waals surface area contributed by atoms with Gasteiger partial charge in [0.15, 0.2) is 0 Å². The molecule has 102 valence electrons. The van der Waals surface area contributed by atoms with E-state index >= 15 is 0 Å². The molecule has 1 heterocycles. The van der Waals surface area contributed by atoms with Crippen LogP contribution in [0.1, 0.15) is 11.1 Å². The minimum Gasteiger partial charge on any atom is -0.343 e. The predicted octanol–water partition coefficient (Wildman–Crippen LogP) is 3.55. The van der Waals surface area contributed by atoms with E-state index in [4.69, 9.17) is 0 Å². The molecular formula is C17H17FN2. The summed E-state index contributed by atoms with van der Waals surface area (Å²) in [6.45, 7) is 1.55. The second-order valence-corrected chi connectivity index (χ2v) is 5.00. The van der Waals surface area contributed by atoms with Gasteiger partial charge in [0.05, 0.1) is 0 Å². The fraction of sp³-hybridized carbons (Fsp3) is 0.176. The maximum Gasteiger partial charge on any atom is 0.123 e. The highest BCUT2D eigenvalue weighted by Crippen LogP contribution is 2.19. The van der Waals surface area contributed by atoms with Crippen LogP contribution < -0.4 is 5.32 Å². The molecule has 3 rings (SSSR count). The number of hydrogen-bond acceptors (Lipinski definition) is 1. The van der Waals surface area contributed by atoms with Crippen LogP contribution in [-0.4, -0.2) is 11.6 Å². The third-order valence-corrected chi connectivity index (χ3v) is 3.46. The summed E-state index contributed by atoms with van der Waals surface area (Å²) in [5, 5.41) is 4.37. The Morgan fingerprint density at radius 3 is 2.75 bits per heavy atom. The van der Waals surface area contributed by atoms with E-state index in [-0.39, 0.29) is 5.82 Å². The first-order valence-corrected chi connectivity index (χ1v) is 6.73. The van der Waals surface area contributed by atoms with Gasteiger partial charge in [-0.05, 0) is 53.9 Å². The summed E-state index contributed by atoms with van der Waals surface area (Å²) in [7, 11) is 1.94. The van der Waals surface area contributed by atoms with Crippen molar-refractivity contribution in [3.63, 3.8) is 0 Å². The first-order valence-electron chi connectivity index (χ1n) is 6.73. The normalized spacial score (nSPS) is 11.1. The van der Waals surface area contributed by atoms with Crippen molar-refractivity contribution in [1.82, 2.24) is 9.88 Å². The van der Waals surface area contributed by atoms with Crippen LogP contribution in [0, 0.1) is 5.82 Å². The first kappa shape index (κ1) is 12.9. The second-order valence-electron chi connectivity index (χ2n) is 5.00. The molecule has 3 aromatic rings. The minimum atomic E-state index is -0.185. The van der Waals surface area contributed by atoms with E-state index < -0.39 is 0 Å². The van der Waals surface area contributed by atoms with Crippen molar-refractivity contribution in [2.45, 2.75) is 13.1 Å². The van der Waals surface area contributed by atoms with Gasteiger partial charge in [-0.15, -0.1) is 0 Å². The maximum absolute atomic E-state index is 13.2. The number of benzene rings is 2. The Labute approximate surface area is 117 Å². The Morgan fingerprint density at radius 1 is 1.05 bits per heavy atom. The lowest BCUT2D eigenvalue weighted by Gasteiger charge is -2.07. The zero-order valence-corrected chi connectivity index (χ0v) is 11.4. The van der Waals surface area contributed by atoms with Gasteiger partial charge in [0, 0.05) is 24.8 Å². The second kappa shape index (κ2) is 5.47. The van der Waals surface area contributed by atoms with Crippen LogP contribution in [0.5, 0.6) is 0 Å². The van der Waals surface area contributed by atoms with E-state index in [9.17, 15) is 4.39 Å². The highest BCUT2D eigenvalue weighted by molar-refractivity contribution is 5.81. The quantitative estimate of drug-likeness (QED) is 0.765. The number of rotatable bonds is 4. The monoisotopic (exact) mass is 268 g/mol. The summed E-state index contributed by atoms with van der Waals surface area (Å²) < 4.78 is 15.4. The van der Waals surface area contributed by atoms with E-state index in [1.165, 1.54) is 22.5 Å². The van der Waals surface area contributed by atoms with E-state index in [1.807, 2.05) is 13.1 Å². The smallest absolute Gasteiger partial charge is 0.123 e. The van der Waals surface area contributed by atoms with Gasteiger partial charge in [0.1, 0.15) is 5.82 Å². The van der Waals surface area contributed by atoms with Crippen molar-refractivity contribution in [3.05, 3.63) is 71.7 Å². The number of nitrogens with zero attached hydrogens (tertiary/aromatic N) is 1. The summed E-state index contributed by atoms with van der Waals surface area (Å²) in [5.41, 5.74) is 3.42. The molecule has 0 aliphatic heterocycles. The summed E-state index contributed by atoms with van der Waals surface area (Å²) in [6.07, 6.45) is 2.05. The molecule has 0 unspecified atom stereocenters. The Bertz CT molecular complexity index is 731. The molecule has 0 amide bonds. The topological polar surface area (TPSA) is 17.0 Å². The Morgan fingerprint density at radius 2 is 1.95 bits per heavy atom. The van der Waals surface area contributed by atoms with Gasteiger partial charge >= 0.3 is 0 Å². The lowest BCUT2D eigenvalue weighted by Crippen LogP contribution is -2.04. The van der Waals surface area contributed by atoms with Gasteiger partial charge in [-0.2, -0.15) is 0 Å². The average Bonchev–Trinajstić information content (AvgIpc) is 2.82. The molecule has 1 aromatic heterocycles. The fourth-order valence-corrected chi connectivity index (χ4v) is 2.53. The Balaban J connectivity index is 1.92. The van der Waals surface area contributed by atoms with Crippen molar-refractivity contribution < 1.29 is 4.39 Å². The van der Waals surface area contributed by atoms with Crippen LogP contribution in [0.15, 0.2) is 54.7 Å². The molecule has 0 aliphatic carbocycles. The molecule has 0 atom stereocenters. The fourth-order valence-electron chi connectivity index (χ4n) is 2.53. The van der Waals surface area contributed by atoms with Gasteiger partial charge in [-0.3, -0.25) is 0 Å². The van der Waals surface area contributed by atoms with Crippen LogP contribution in [0.2, 0.25) is 0 Å². The van der Waals surface area contributed by atoms with Crippen LogP contribution in [0.3, 0.4) is 0 Å². The van der Waals surface area contributed by atoms with E-state index in [2.05, 4.69) is 40.3 Å².